The lowest BCUT2D eigenvalue weighted by molar-refractivity contribution is 0.287. The monoisotopic (exact) mass is 1370 g/mol. The fraction of sp³-hybridized carbons (Fsp3) is 0.652. The van der Waals surface area contributed by atoms with Gasteiger partial charge in [0.25, 0.3) is 0 Å². The van der Waals surface area contributed by atoms with Crippen LogP contribution in [0.15, 0.2) is 99.2 Å². The summed E-state index contributed by atoms with van der Waals surface area (Å²) in [4.78, 5) is 10.3. The molecular formula is C92H148N4O4. The van der Waals surface area contributed by atoms with E-state index >= 15 is 0 Å². The van der Waals surface area contributed by atoms with Crippen LogP contribution in [0.25, 0.3) is 0 Å². The van der Waals surface area contributed by atoms with Crippen LogP contribution in [-0.4, -0.2) is 98.4 Å². The molecule has 0 amide bonds. The van der Waals surface area contributed by atoms with Gasteiger partial charge in [-0.15, -0.1) is 26.3 Å². The standard InChI is InChI=1S/C92H148N4O4/c1-13-25-29-33-37-41-45-49-53-57-97-89-81-61-77(73-93(17-5)18-6)62-82(89)70-84-64-79(75-95(21-9)22-10)66-86(91(84)99-59-55-51-47-43-39-35-31-27-15-3)72-88-68-80(76-96(23-11)24-12)67-87(92(88)100-60-56-52-48-44-40-36-32-28-16-4)71-85-65-78(74-94(19-7)20-8)63-83(69-81)90(85)98-58-54-50-46-42-38-34-30-26-14-2/h13-16,61-68H,1-4,17-60,69-76H2,5-12H3. The molecule has 0 atom stereocenters. The van der Waals surface area contributed by atoms with E-state index in [0.29, 0.717) is 52.1 Å². The molecule has 0 aliphatic heterocycles. The van der Waals surface area contributed by atoms with Crippen LogP contribution >= 0.6 is 0 Å². The topological polar surface area (TPSA) is 49.9 Å². The Morgan fingerprint density at radius 3 is 0.540 bits per heavy atom. The molecule has 0 unspecified atom stereocenters. The summed E-state index contributed by atoms with van der Waals surface area (Å²) in [7, 11) is 0. The fourth-order valence-corrected chi connectivity index (χ4v) is 14.9. The first-order chi connectivity index (χ1) is 49.1. The van der Waals surface area contributed by atoms with Crippen LogP contribution in [0.4, 0.5) is 0 Å². The second-order valence-electron chi connectivity index (χ2n) is 29.1. The number of nitrogens with zero attached hydrogens (tertiary/aromatic N) is 4. The minimum absolute atomic E-state index is 0.685. The molecule has 1 aliphatic rings. The van der Waals surface area contributed by atoms with Crippen molar-refractivity contribution in [3.05, 3.63) is 166 Å². The number of hydrogen-bond donors (Lipinski definition) is 0. The van der Waals surface area contributed by atoms with Gasteiger partial charge < -0.3 is 18.9 Å². The lowest BCUT2D eigenvalue weighted by Crippen LogP contribution is -2.23. The molecule has 560 valence electrons. The lowest BCUT2D eigenvalue weighted by Gasteiger charge is -2.27. The molecule has 0 spiro atoms. The van der Waals surface area contributed by atoms with E-state index < -0.39 is 0 Å². The molecule has 4 aromatic rings. The number of benzene rings is 4. The Hall–Kier alpha value is -5.12. The molecule has 8 heteroatoms. The maximum atomic E-state index is 7.55. The number of rotatable bonds is 60. The van der Waals surface area contributed by atoms with E-state index in [1.54, 1.807) is 0 Å². The Morgan fingerprint density at radius 1 is 0.240 bits per heavy atom. The summed E-state index contributed by atoms with van der Waals surface area (Å²) < 4.78 is 30.2. The zero-order chi connectivity index (χ0) is 71.6. The van der Waals surface area contributed by atoms with E-state index in [0.717, 1.165) is 153 Å². The number of allylic oxidation sites excluding steroid dienone is 4. The van der Waals surface area contributed by atoms with Gasteiger partial charge in [-0.1, -0.05) is 257 Å². The Morgan fingerprint density at radius 2 is 0.390 bits per heavy atom. The van der Waals surface area contributed by atoms with Gasteiger partial charge in [-0.3, -0.25) is 19.6 Å². The van der Waals surface area contributed by atoms with Gasteiger partial charge in [-0.2, -0.15) is 0 Å². The molecule has 0 heterocycles. The highest BCUT2D eigenvalue weighted by atomic mass is 16.5. The van der Waals surface area contributed by atoms with Gasteiger partial charge in [-0.05, 0) is 196 Å². The van der Waals surface area contributed by atoms with E-state index in [1.807, 2.05) is 0 Å². The molecule has 8 nitrogen and oxygen atoms in total. The van der Waals surface area contributed by atoms with E-state index in [4.69, 9.17) is 18.9 Å². The molecule has 0 fully saturated rings. The van der Waals surface area contributed by atoms with Crippen molar-refractivity contribution in [1.29, 1.82) is 0 Å². The molecule has 0 N–H and O–H groups in total. The molecule has 0 radical (unpaired) electrons. The van der Waals surface area contributed by atoms with Crippen LogP contribution in [0, 0.1) is 0 Å². The molecule has 4 aromatic carbocycles. The van der Waals surface area contributed by atoms with Crippen LogP contribution in [0.5, 0.6) is 23.0 Å². The quantitative estimate of drug-likeness (QED) is 0.0282. The average molecular weight is 1370 g/mol. The summed E-state index contributed by atoms with van der Waals surface area (Å²) in [6, 6.07) is 20.3. The number of unbranched alkanes of at least 4 members (excludes halogenated alkanes) is 28. The van der Waals surface area contributed by atoms with Gasteiger partial charge in [-0.25, -0.2) is 0 Å². The molecule has 0 saturated heterocycles. The maximum absolute atomic E-state index is 7.55. The van der Waals surface area contributed by atoms with Crippen molar-refractivity contribution in [2.24, 2.45) is 0 Å². The lowest BCUT2D eigenvalue weighted by atomic mass is 9.88. The van der Waals surface area contributed by atoms with Gasteiger partial charge in [0.05, 0.1) is 26.4 Å². The first-order valence-electron chi connectivity index (χ1n) is 41.6. The molecule has 5 rings (SSSR count). The minimum atomic E-state index is 0.685. The van der Waals surface area contributed by atoms with Crippen molar-refractivity contribution in [3.8, 4) is 23.0 Å². The van der Waals surface area contributed by atoms with E-state index in [1.165, 1.54) is 221 Å². The summed E-state index contributed by atoms with van der Waals surface area (Å²) in [5, 5.41) is 0. The predicted molar refractivity (Wildman–Crippen MR) is 434 cm³/mol. The van der Waals surface area contributed by atoms with Crippen LogP contribution in [-0.2, 0) is 51.9 Å². The van der Waals surface area contributed by atoms with Crippen molar-refractivity contribution in [3.63, 3.8) is 0 Å². The smallest absolute Gasteiger partial charge is 0.126 e. The van der Waals surface area contributed by atoms with Crippen LogP contribution in [0.1, 0.15) is 328 Å². The van der Waals surface area contributed by atoms with E-state index in [-0.39, 0.29) is 0 Å². The molecule has 100 heavy (non-hydrogen) atoms. The van der Waals surface area contributed by atoms with Crippen molar-refractivity contribution >= 4 is 0 Å². The van der Waals surface area contributed by atoms with E-state index in [2.05, 4.69) is 174 Å². The molecular weight excluding hydrogens is 1230 g/mol. The van der Waals surface area contributed by atoms with Crippen LogP contribution in [0.2, 0.25) is 0 Å². The fourth-order valence-electron chi connectivity index (χ4n) is 14.9. The first-order valence-corrected chi connectivity index (χ1v) is 41.6. The van der Waals surface area contributed by atoms with E-state index in [9.17, 15) is 0 Å². The third-order valence-electron chi connectivity index (χ3n) is 21.1. The third kappa shape index (κ3) is 32.7. The van der Waals surface area contributed by atoms with Gasteiger partial charge in [0.15, 0.2) is 0 Å². The Bertz CT molecular complexity index is 2370. The molecule has 0 saturated carbocycles. The van der Waals surface area contributed by atoms with Crippen LogP contribution < -0.4 is 18.9 Å². The number of ether oxygens (including phenoxy) is 4. The largest absolute Gasteiger partial charge is 0.493 e. The van der Waals surface area contributed by atoms with Crippen LogP contribution in [0.3, 0.4) is 0 Å². The molecule has 1 aliphatic carbocycles. The highest BCUT2D eigenvalue weighted by molar-refractivity contribution is 5.59. The zero-order valence-corrected chi connectivity index (χ0v) is 65.9. The Kier molecular flexibility index (Phi) is 45.9. The number of fused-ring (bicyclic) bond motifs is 8. The SMILES string of the molecule is C=CCCCCCCCCCOc1c2cc(CN(CC)CC)cc1Cc1cc(CN(CC)CC)cc(c1OCCCCCCCCCC=C)Cc1cc(CN(CC)CC)cc(c1OCCCCCCCCCC=C)Cc1cc(CN(CC)CC)cc(c1OCCCCCCCCCC=C)C2. The van der Waals surface area contributed by atoms with Gasteiger partial charge in [0, 0.05) is 51.9 Å². The second-order valence-corrected chi connectivity index (χ2v) is 29.1. The predicted octanol–water partition coefficient (Wildman–Crippen LogP) is 24.5. The maximum Gasteiger partial charge on any atom is 0.126 e. The summed E-state index contributed by atoms with van der Waals surface area (Å²) in [5.74, 6) is 4.22. The number of hydrogen-bond acceptors (Lipinski definition) is 8. The van der Waals surface area contributed by atoms with Gasteiger partial charge in [0.1, 0.15) is 23.0 Å². The third-order valence-corrected chi connectivity index (χ3v) is 21.1. The normalized spacial score (nSPS) is 12.3. The minimum Gasteiger partial charge on any atom is -0.493 e. The Balaban J connectivity index is 1.86. The second kappa shape index (κ2) is 53.6. The highest BCUT2D eigenvalue weighted by Crippen LogP contribution is 2.42. The summed E-state index contributed by atoms with van der Waals surface area (Å²) in [6.45, 7) is 48.5. The highest BCUT2D eigenvalue weighted by Gasteiger charge is 2.26. The molecule has 8 bridgehead atoms. The van der Waals surface area contributed by atoms with Gasteiger partial charge in [0.2, 0.25) is 0 Å². The summed E-state index contributed by atoms with van der Waals surface area (Å²) in [6.07, 6.45) is 49.6. The molecule has 0 aromatic heterocycles. The Labute approximate surface area is 615 Å². The van der Waals surface area contributed by atoms with Crippen molar-refractivity contribution < 1.29 is 18.9 Å². The average Bonchev–Trinajstić information content (AvgIpc) is 0.779. The zero-order valence-electron chi connectivity index (χ0n) is 65.9. The summed E-state index contributed by atoms with van der Waals surface area (Å²) >= 11 is 0. The van der Waals surface area contributed by atoms with Crippen molar-refractivity contribution in [1.82, 2.24) is 19.6 Å². The van der Waals surface area contributed by atoms with Crippen molar-refractivity contribution in [2.45, 2.75) is 313 Å². The summed E-state index contributed by atoms with van der Waals surface area (Å²) in [5.41, 5.74) is 15.5. The van der Waals surface area contributed by atoms with Crippen molar-refractivity contribution in [2.75, 3.05) is 78.8 Å². The first kappa shape index (κ1) is 85.5. The van der Waals surface area contributed by atoms with Gasteiger partial charge >= 0.3 is 0 Å².